The van der Waals surface area contributed by atoms with Crippen molar-refractivity contribution in [3.05, 3.63) is 46.9 Å². The van der Waals surface area contributed by atoms with E-state index < -0.39 is 23.9 Å². The second-order valence-corrected chi connectivity index (χ2v) is 8.77. The summed E-state index contributed by atoms with van der Waals surface area (Å²) in [5, 5.41) is 2.75. The first-order chi connectivity index (χ1) is 15.9. The summed E-state index contributed by atoms with van der Waals surface area (Å²) >= 11 is 0. The number of ether oxygens (including phenoxy) is 1. The highest BCUT2D eigenvalue weighted by molar-refractivity contribution is 5.95. The van der Waals surface area contributed by atoms with Gasteiger partial charge in [-0.05, 0) is 32.3 Å². The lowest BCUT2D eigenvalue weighted by Crippen LogP contribution is -2.49. The molecule has 8 nitrogen and oxygen atoms in total. The Morgan fingerprint density at radius 1 is 1.15 bits per heavy atom. The van der Waals surface area contributed by atoms with Gasteiger partial charge in [-0.15, -0.1) is 0 Å². The number of likely N-dealkylation sites (N-methyl/N-ethyl adjacent to an activating group) is 1. The number of carbonyl (C=O) groups excluding carboxylic acids is 3. The third-order valence-electron chi connectivity index (χ3n) is 6.49. The molecule has 33 heavy (non-hydrogen) atoms. The van der Waals surface area contributed by atoms with E-state index in [9.17, 15) is 18.8 Å². The molecule has 2 aliphatic heterocycles. The molecule has 2 heterocycles. The van der Waals surface area contributed by atoms with Crippen molar-refractivity contribution in [2.75, 3.05) is 46.4 Å². The van der Waals surface area contributed by atoms with Gasteiger partial charge in [0.2, 0.25) is 5.91 Å². The number of nitrogens with one attached hydrogen (secondary N) is 1. The Morgan fingerprint density at radius 2 is 1.91 bits per heavy atom. The predicted molar refractivity (Wildman–Crippen MR) is 119 cm³/mol. The van der Waals surface area contributed by atoms with Crippen LogP contribution in [0.2, 0.25) is 0 Å². The highest BCUT2D eigenvalue weighted by Gasteiger charge is 2.39. The van der Waals surface area contributed by atoms with E-state index in [2.05, 4.69) is 10.2 Å². The lowest BCUT2D eigenvalue weighted by atomic mass is 9.94. The fourth-order valence-electron chi connectivity index (χ4n) is 4.49. The molecule has 4 rings (SSSR count). The Kier molecular flexibility index (Phi) is 6.97. The minimum absolute atomic E-state index is 0.166. The summed E-state index contributed by atoms with van der Waals surface area (Å²) in [6.07, 6.45) is 2.77. The van der Waals surface area contributed by atoms with Gasteiger partial charge in [-0.3, -0.25) is 14.6 Å². The highest BCUT2D eigenvalue weighted by Crippen LogP contribution is 2.33. The number of hydrogen-bond donors (Lipinski definition) is 1. The summed E-state index contributed by atoms with van der Waals surface area (Å²) in [4.78, 5) is 43.8. The molecular weight excluding hydrogens is 427 g/mol. The van der Waals surface area contributed by atoms with Gasteiger partial charge in [0, 0.05) is 56.9 Å². The number of esters is 1. The summed E-state index contributed by atoms with van der Waals surface area (Å²) in [7, 11) is 1.60. The first-order valence-corrected chi connectivity index (χ1v) is 11.6. The van der Waals surface area contributed by atoms with E-state index in [1.165, 1.54) is 11.0 Å². The molecule has 0 bridgehead atoms. The van der Waals surface area contributed by atoms with Crippen molar-refractivity contribution in [3.63, 3.8) is 0 Å². The monoisotopic (exact) mass is 458 g/mol. The molecule has 1 unspecified atom stereocenters. The highest BCUT2D eigenvalue weighted by atomic mass is 19.1. The van der Waals surface area contributed by atoms with E-state index in [1.54, 1.807) is 32.2 Å². The molecule has 0 radical (unpaired) electrons. The molecule has 3 amide bonds. The van der Waals surface area contributed by atoms with Gasteiger partial charge in [-0.1, -0.05) is 18.2 Å². The van der Waals surface area contributed by atoms with Gasteiger partial charge in [-0.2, -0.15) is 0 Å². The van der Waals surface area contributed by atoms with E-state index in [-0.39, 0.29) is 29.6 Å². The molecule has 1 aliphatic carbocycles. The van der Waals surface area contributed by atoms with Gasteiger partial charge in [0.1, 0.15) is 5.82 Å². The number of halogens is 1. The molecule has 2 fully saturated rings. The van der Waals surface area contributed by atoms with Crippen LogP contribution in [-0.2, 0) is 14.3 Å². The molecule has 1 atom stereocenters. The minimum atomic E-state index is -0.941. The van der Waals surface area contributed by atoms with Crippen molar-refractivity contribution in [1.29, 1.82) is 0 Å². The zero-order chi connectivity index (χ0) is 23.5. The van der Waals surface area contributed by atoms with Crippen molar-refractivity contribution < 1.29 is 23.5 Å². The molecule has 1 aromatic carbocycles. The number of nitrogens with zero attached hydrogens (tertiary/aromatic N) is 3. The van der Waals surface area contributed by atoms with E-state index in [0.717, 1.165) is 25.8 Å². The van der Waals surface area contributed by atoms with Crippen LogP contribution < -0.4 is 5.32 Å². The van der Waals surface area contributed by atoms with Gasteiger partial charge in [0.15, 0.2) is 0 Å². The van der Waals surface area contributed by atoms with Gasteiger partial charge < -0.3 is 15.0 Å². The average molecular weight is 459 g/mol. The average Bonchev–Trinajstić information content (AvgIpc) is 3.65. The Balaban J connectivity index is 1.63. The second kappa shape index (κ2) is 9.91. The maximum Gasteiger partial charge on any atom is 0.338 e. The third kappa shape index (κ3) is 5.03. The fraction of sp³-hybridized carbons (Fsp3) is 0.542. The first kappa shape index (κ1) is 23.2. The smallest absolute Gasteiger partial charge is 0.338 e. The standard InChI is InChI=1S/C24H31FN4O4/c1-3-33-23(31)20-19(15-28-11-6-12-29(14-13-28)22(30)16-9-10-16)27(2)24(32)26-21(20)17-7-4-5-8-18(17)25/h4-5,7-8,16,21H,3,6,9-15H2,1-2H3,(H,26,32). The van der Waals surface area contributed by atoms with E-state index in [4.69, 9.17) is 4.74 Å². The van der Waals surface area contributed by atoms with Crippen LogP contribution in [0.15, 0.2) is 35.5 Å². The van der Waals surface area contributed by atoms with Crippen molar-refractivity contribution in [2.24, 2.45) is 5.92 Å². The molecule has 1 aromatic rings. The molecule has 0 spiro atoms. The predicted octanol–water partition coefficient (Wildman–Crippen LogP) is 2.28. The molecule has 1 saturated carbocycles. The van der Waals surface area contributed by atoms with Crippen molar-refractivity contribution in [2.45, 2.75) is 32.2 Å². The van der Waals surface area contributed by atoms with Gasteiger partial charge in [-0.25, -0.2) is 14.0 Å². The topological polar surface area (TPSA) is 82.2 Å². The Labute approximate surface area is 193 Å². The number of urea groups is 1. The maximum absolute atomic E-state index is 14.7. The van der Waals surface area contributed by atoms with Crippen molar-refractivity contribution in [1.82, 2.24) is 20.0 Å². The van der Waals surface area contributed by atoms with Crippen molar-refractivity contribution >= 4 is 17.9 Å². The van der Waals surface area contributed by atoms with Gasteiger partial charge in [0.05, 0.1) is 18.2 Å². The van der Waals surface area contributed by atoms with Crippen LogP contribution in [0.3, 0.4) is 0 Å². The van der Waals surface area contributed by atoms with Crippen LogP contribution in [0.1, 0.15) is 37.8 Å². The van der Waals surface area contributed by atoms with Gasteiger partial charge in [0.25, 0.3) is 0 Å². The largest absolute Gasteiger partial charge is 0.463 e. The molecule has 9 heteroatoms. The van der Waals surface area contributed by atoms with Crippen LogP contribution in [0, 0.1) is 11.7 Å². The number of carbonyl (C=O) groups is 3. The quantitative estimate of drug-likeness (QED) is 0.662. The van der Waals surface area contributed by atoms with E-state index in [0.29, 0.717) is 31.9 Å². The van der Waals surface area contributed by atoms with E-state index >= 15 is 0 Å². The summed E-state index contributed by atoms with van der Waals surface area (Å²) in [6, 6.07) is 4.76. The molecule has 1 N–H and O–H groups in total. The number of hydrogen-bond acceptors (Lipinski definition) is 5. The summed E-state index contributed by atoms with van der Waals surface area (Å²) < 4.78 is 20.0. The SMILES string of the molecule is CCOC(=O)C1=C(CN2CCCN(C(=O)C3CC3)CC2)N(C)C(=O)NC1c1ccccc1F. The first-order valence-electron chi connectivity index (χ1n) is 11.6. The molecular formula is C24H31FN4O4. The lowest BCUT2D eigenvalue weighted by Gasteiger charge is -2.36. The number of benzene rings is 1. The Bertz CT molecular complexity index is 962. The van der Waals surface area contributed by atoms with Crippen LogP contribution in [0.4, 0.5) is 9.18 Å². The summed E-state index contributed by atoms with van der Waals surface area (Å²) in [5.74, 6) is -0.660. The zero-order valence-electron chi connectivity index (χ0n) is 19.2. The Morgan fingerprint density at radius 3 is 2.61 bits per heavy atom. The van der Waals surface area contributed by atoms with Crippen LogP contribution in [0.5, 0.6) is 0 Å². The third-order valence-corrected chi connectivity index (χ3v) is 6.49. The summed E-state index contributed by atoms with van der Waals surface area (Å²) in [6.45, 7) is 4.90. The molecule has 3 aliphatic rings. The van der Waals surface area contributed by atoms with Crippen LogP contribution in [-0.4, -0.2) is 79.0 Å². The fourth-order valence-corrected chi connectivity index (χ4v) is 4.49. The van der Waals surface area contributed by atoms with Gasteiger partial charge >= 0.3 is 12.0 Å². The zero-order valence-corrected chi connectivity index (χ0v) is 19.2. The molecule has 0 aromatic heterocycles. The second-order valence-electron chi connectivity index (χ2n) is 8.77. The molecule has 178 valence electrons. The lowest BCUT2D eigenvalue weighted by molar-refractivity contribution is -0.139. The van der Waals surface area contributed by atoms with Crippen LogP contribution in [0.25, 0.3) is 0 Å². The molecule has 1 saturated heterocycles. The Hall–Kier alpha value is -2.94. The number of rotatable bonds is 6. The minimum Gasteiger partial charge on any atom is -0.463 e. The maximum atomic E-state index is 14.7. The number of amides is 3. The normalized spacial score (nSPS) is 22.2. The summed E-state index contributed by atoms with van der Waals surface area (Å²) in [5.41, 5.74) is 0.947. The van der Waals surface area contributed by atoms with Crippen LogP contribution >= 0.6 is 0 Å². The van der Waals surface area contributed by atoms with Crippen molar-refractivity contribution in [3.8, 4) is 0 Å². The van der Waals surface area contributed by atoms with E-state index in [1.807, 2.05) is 4.90 Å².